The van der Waals surface area contributed by atoms with Crippen LogP contribution in [-0.4, -0.2) is 42.3 Å². The van der Waals surface area contributed by atoms with Gasteiger partial charge in [-0.2, -0.15) is 0 Å². The molecule has 0 bridgehead atoms. The molecule has 6 nitrogen and oxygen atoms in total. The maximum absolute atomic E-state index is 12.3. The second-order valence-electron chi connectivity index (χ2n) is 7.79. The molecular formula is C26H26N2O4. The van der Waals surface area contributed by atoms with Crippen molar-refractivity contribution in [1.29, 1.82) is 0 Å². The third-order valence-electron chi connectivity index (χ3n) is 5.60. The quantitative estimate of drug-likeness (QED) is 0.387. The lowest BCUT2D eigenvalue weighted by Gasteiger charge is -2.13. The molecule has 0 spiro atoms. The van der Waals surface area contributed by atoms with Crippen molar-refractivity contribution in [3.63, 3.8) is 0 Å². The van der Waals surface area contributed by atoms with Crippen LogP contribution in [0.2, 0.25) is 0 Å². The van der Waals surface area contributed by atoms with Crippen molar-refractivity contribution < 1.29 is 19.1 Å². The summed E-state index contributed by atoms with van der Waals surface area (Å²) >= 11 is 0. The first-order chi connectivity index (χ1) is 15.6. The maximum atomic E-state index is 12.3. The zero-order valence-electron chi connectivity index (χ0n) is 17.9. The van der Waals surface area contributed by atoms with Gasteiger partial charge in [-0.1, -0.05) is 55.0 Å². The van der Waals surface area contributed by atoms with Crippen molar-refractivity contribution in [3.8, 4) is 5.75 Å². The second-order valence-corrected chi connectivity index (χ2v) is 7.79. The number of unbranched alkanes of at least 4 members (excludes halogenated alkanes) is 2. The molecule has 0 saturated heterocycles. The molecule has 3 aromatic carbocycles. The number of fused-ring (bicyclic) bond motifs is 2. The molecule has 0 saturated carbocycles. The van der Waals surface area contributed by atoms with Crippen LogP contribution in [-0.2, 0) is 4.79 Å². The Balaban J connectivity index is 1.11. The number of hydrogen-bond acceptors (Lipinski definition) is 4. The molecule has 6 heteroatoms. The topological polar surface area (TPSA) is 75.7 Å². The maximum Gasteiger partial charge on any atom is 0.261 e. The minimum absolute atomic E-state index is 0.0211. The van der Waals surface area contributed by atoms with E-state index in [9.17, 15) is 14.4 Å². The molecule has 0 unspecified atom stereocenters. The first kappa shape index (κ1) is 21.6. The van der Waals surface area contributed by atoms with E-state index in [1.165, 1.54) is 4.90 Å². The third kappa shape index (κ3) is 4.80. The molecule has 0 fully saturated rings. The Bertz CT molecular complexity index is 1100. The molecule has 164 valence electrons. The van der Waals surface area contributed by atoms with Crippen molar-refractivity contribution in [2.75, 3.05) is 19.7 Å². The Hall–Kier alpha value is -3.67. The summed E-state index contributed by atoms with van der Waals surface area (Å²) in [5.41, 5.74) is 0.949. The van der Waals surface area contributed by atoms with E-state index in [1.54, 1.807) is 24.3 Å². The number of nitrogens with one attached hydrogen (secondary N) is 1. The van der Waals surface area contributed by atoms with Gasteiger partial charge in [0.25, 0.3) is 11.8 Å². The van der Waals surface area contributed by atoms with E-state index in [2.05, 4.69) is 5.32 Å². The summed E-state index contributed by atoms with van der Waals surface area (Å²) in [6.45, 7) is 1.23. The van der Waals surface area contributed by atoms with Gasteiger partial charge in [-0.3, -0.25) is 19.3 Å². The predicted octanol–water partition coefficient (Wildman–Crippen LogP) is 4.19. The second kappa shape index (κ2) is 10.1. The van der Waals surface area contributed by atoms with E-state index in [0.29, 0.717) is 50.1 Å². The molecule has 0 aliphatic carbocycles. The van der Waals surface area contributed by atoms with Gasteiger partial charge in [-0.25, -0.2) is 0 Å². The van der Waals surface area contributed by atoms with Crippen LogP contribution in [0, 0.1) is 0 Å². The monoisotopic (exact) mass is 430 g/mol. The van der Waals surface area contributed by atoms with E-state index in [4.69, 9.17) is 4.74 Å². The van der Waals surface area contributed by atoms with Crippen molar-refractivity contribution in [2.24, 2.45) is 0 Å². The van der Waals surface area contributed by atoms with Gasteiger partial charge in [0, 0.05) is 18.4 Å². The third-order valence-corrected chi connectivity index (χ3v) is 5.60. The van der Waals surface area contributed by atoms with Crippen molar-refractivity contribution in [3.05, 3.63) is 77.9 Å². The average Bonchev–Trinajstić information content (AvgIpc) is 3.06. The summed E-state index contributed by atoms with van der Waals surface area (Å²) in [5, 5.41) is 5.05. The molecule has 1 aliphatic rings. The van der Waals surface area contributed by atoms with Gasteiger partial charge in [0.2, 0.25) is 5.91 Å². The van der Waals surface area contributed by atoms with Crippen LogP contribution in [0.25, 0.3) is 10.8 Å². The van der Waals surface area contributed by atoms with Crippen LogP contribution < -0.4 is 10.1 Å². The molecule has 1 heterocycles. The lowest BCUT2D eigenvalue weighted by molar-refractivity contribution is -0.121. The van der Waals surface area contributed by atoms with Crippen LogP contribution in [0.15, 0.2) is 66.7 Å². The summed E-state index contributed by atoms with van der Waals surface area (Å²) < 4.78 is 5.83. The highest BCUT2D eigenvalue weighted by molar-refractivity contribution is 6.21. The van der Waals surface area contributed by atoms with Gasteiger partial charge in [-0.15, -0.1) is 0 Å². The Kier molecular flexibility index (Phi) is 6.80. The van der Waals surface area contributed by atoms with Crippen LogP contribution in [0.4, 0.5) is 0 Å². The molecule has 32 heavy (non-hydrogen) atoms. The Morgan fingerprint density at radius 1 is 0.812 bits per heavy atom. The number of imide groups is 1. The predicted molar refractivity (Wildman–Crippen MR) is 123 cm³/mol. The Morgan fingerprint density at radius 2 is 1.50 bits per heavy atom. The molecular weight excluding hydrogens is 404 g/mol. The molecule has 0 atom stereocenters. The highest BCUT2D eigenvalue weighted by Crippen LogP contribution is 2.25. The number of amides is 3. The fourth-order valence-electron chi connectivity index (χ4n) is 3.94. The Morgan fingerprint density at radius 3 is 2.28 bits per heavy atom. The largest absolute Gasteiger partial charge is 0.491 e. The molecule has 3 aromatic rings. The molecule has 0 radical (unpaired) electrons. The average molecular weight is 431 g/mol. The highest BCUT2D eigenvalue weighted by Gasteiger charge is 2.34. The summed E-state index contributed by atoms with van der Waals surface area (Å²) in [7, 11) is 0. The van der Waals surface area contributed by atoms with Crippen LogP contribution in [0.5, 0.6) is 5.75 Å². The number of hydrogen-bond donors (Lipinski definition) is 1. The number of carbonyl (C=O) groups excluding carboxylic acids is 3. The molecule has 4 rings (SSSR count). The number of ether oxygens (including phenoxy) is 1. The summed E-state index contributed by atoms with van der Waals surface area (Å²) in [4.78, 5) is 38.0. The van der Waals surface area contributed by atoms with Crippen LogP contribution in [0.3, 0.4) is 0 Å². The minimum atomic E-state index is -0.227. The van der Waals surface area contributed by atoms with Crippen molar-refractivity contribution in [2.45, 2.75) is 25.7 Å². The summed E-state index contributed by atoms with van der Waals surface area (Å²) in [5.74, 6) is 0.335. The Labute approximate surface area is 187 Å². The molecule has 3 amide bonds. The van der Waals surface area contributed by atoms with E-state index in [1.807, 2.05) is 42.5 Å². The van der Waals surface area contributed by atoms with E-state index in [-0.39, 0.29) is 17.7 Å². The van der Waals surface area contributed by atoms with Gasteiger partial charge in [0.1, 0.15) is 12.4 Å². The molecule has 0 aromatic heterocycles. The summed E-state index contributed by atoms with van der Waals surface area (Å²) in [6, 6.07) is 20.8. The number of benzene rings is 3. The minimum Gasteiger partial charge on any atom is -0.491 e. The van der Waals surface area contributed by atoms with Crippen molar-refractivity contribution >= 4 is 28.5 Å². The molecule has 1 N–H and O–H groups in total. The zero-order chi connectivity index (χ0) is 22.3. The van der Waals surface area contributed by atoms with Gasteiger partial charge in [0.05, 0.1) is 17.7 Å². The van der Waals surface area contributed by atoms with E-state index >= 15 is 0 Å². The number of nitrogens with zero attached hydrogens (tertiary/aromatic N) is 1. The fourth-order valence-corrected chi connectivity index (χ4v) is 3.94. The van der Waals surface area contributed by atoms with Gasteiger partial charge >= 0.3 is 0 Å². The highest BCUT2D eigenvalue weighted by atomic mass is 16.5. The zero-order valence-corrected chi connectivity index (χ0v) is 17.9. The van der Waals surface area contributed by atoms with Crippen LogP contribution in [0.1, 0.15) is 46.4 Å². The van der Waals surface area contributed by atoms with Crippen LogP contribution >= 0.6 is 0 Å². The smallest absolute Gasteiger partial charge is 0.261 e. The van der Waals surface area contributed by atoms with E-state index < -0.39 is 0 Å². The normalized spacial score (nSPS) is 12.8. The van der Waals surface area contributed by atoms with Gasteiger partial charge < -0.3 is 10.1 Å². The van der Waals surface area contributed by atoms with E-state index in [0.717, 1.165) is 22.9 Å². The SMILES string of the molecule is O=C(CCCCCN1C(=O)c2ccccc2C1=O)NCCOc1cccc2ccccc12. The first-order valence-corrected chi connectivity index (χ1v) is 11.0. The number of carbonyl (C=O) groups is 3. The van der Waals surface area contributed by atoms with Gasteiger partial charge in [-0.05, 0) is 36.4 Å². The van der Waals surface area contributed by atoms with Gasteiger partial charge in [0.15, 0.2) is 0 Å². The lowest BCUT2D eigenvalue weighted by Crippen LogP contribution is -2.30. The fraction of sp³-hybridized carbons (Fsp3) is 0.269. The summed E-state index contributed by atoms with van der Waals surface area (Å²) in [6.07, 6.45) is 2.58. The molecule has 1 aliphatic heterocycles. The standard InChI is InChI=1S/C26H26N2O4/c29-24(27-16-18-32-23-14-8-10-19-9-3-4-11-20(19)23)15-2-1-7-17-28-25(30)21-12-5-6-13-22(21)26(28)31/h3-6,8-14H,1-2,7,15-18H2,(H,27,29). The first-order valence-electron chi connectivity index (χ1n) is 11.0. The lowest BCUT2D eigenvalue weighted by atomic mass is 10.1. The van der Waals surface area contributed by atoms with Crippen molar-refractivity contribution in [1.82, 2.24) is 10.2 Å². The number of rotatable bonds is 10.